The maximum Gasteiger partial charge on any atom is 0.0314 e. The Morgan fingerprint density at radius 1 is 1.38 bits per heavy atom. The highest BCUT2D eigenvalue weighted by Crippen LogP contribution is 2.32. The van der Waals surface area contributed by atoms with Gasteiger partial charge in [-0.05, 0) is 61.9 Å². The van der Waals surface area contributed by atoms with Crippen LogP contribution in [0.5, 0.6) is 0 Å². The van der Waals surface area contributed by atoms with Crippen molar-refractivity contribution in [3.63, 3.8) is 0 Å². The molecule has 0 amide bonds. The Kier molecular flexibility index (Phi) is 3.83. The Morgan fingerprint density at radius 2 is 2.12 bits per heavy atom. The molecular weight excluding hydrogens is 196 g/mol. The van der Waals surface area contributed by atoms with Gasteiger partial charge in [-0.25, -0.2) is 0 Å². The van der Waals surface area contributed by atoms with Crippen LogP contribution in [0.15, 0.2) is 24.3 Å². The summed E-state index contributed by atoms with van der Waals surface area (Å²) in [6.45, 7) is 4.65. The smallest absolute Gasteiger partial charge is 0.0314 e. The summed E-state index contributed by atoms with van der Waals surface area (Å²) >= 11 is 0. The maximum atomic E-state index is 5.73. The monoisotopic (exact) mass is 218 g/mol. The summed E-state index contributed by atoms with van der Waals surface area (Å²) in [6, 6.07) is 8.43. The van der Waals surface area contributed by atoms with Gasteiger partial charge in [-0.2, -0.15) is 0 Å². The third-order valence-electron chi connectivity index (χ3n) is 3.71. The van der Waals surface area contributed by atoms with E-state index in [1.165, 1.54) is 37.9 Å². The van der Waals surface area contributed by atoms with Crippen LogP contribution in [-0.2, 0) is 0 Å². The van der Waals surface area contributed by atoms with Gasteiger partial charge in [0, 0.05) is 5.69 Å². The number of nitrogens with one attached hydrogen (secondary N) is 1. The molecule has 16 heavy (non-hydrogen) atoms. The highest BCUT2D eigenvalue weighted by Gasteiger charge is 2.23. The quantitative estimate of drug-likeness (QED) is 0.766. The largest absolute Gasteiger partial charge is 0.399 e. The number of rotatable bonds is 3. The number of anilines is 1. The van der Waals surface area contributed by atoms with E-state index in [0.29, 0.717) is 5.92 Å². The summed E-state index contributed by atoms with van der Waals surface area (Å²) in [7, 11) is 0. The predicted molar refractivity (Wildman–Crippen MR) is 69.5 cm³/mol. The lowest BCUT2D eigenvalue weighted by molar-refractivity contribution is 0.316. The standard InChI is InChI=1S/C14H22N2/c1-2-14(12-4-3-9-16-10-12)11-5-7-13(15)8-6-11/h5-8,12,14,16H,2-4,9-10,15H2,1H3. The second kappa shape index (κ2) is 5.35. The SMILES string of the molecule is CCC(c1ccc(N)cc1)C1CCCNC1. The Hall–Kier alpha value is -1.02. The lowest BCUT2D eigenvalue weighted by Gasteiger charge is -2.30. The van der Waals surface area contributed by atoms with Gasteiger partial charge in [0.2, 0.25) is 0 Å². The molecule has 2 heteroatoms. The maximum absolute atomic E-state index is 5.73. The van der Waals surface area contributed by atoms with Gasteiger partial charge in [-0.1, -0.05) is 19.1 Å². The van der Waals surface area contributed by atoms with Gasteiger partial charge in [0.1, 0.15) is 0 Å². The average Bonchev–Trinajstić information content (AvgIpc) is 2.34. The van der Waals surface area contributed by atoms with Gasteiger partial charge < -0.3 is 11.1 Å². The Balaban J connectivity index is 2.11. The molecular formula is C14H22N2. The van der Waals surface area contributed by atoms with Crippen molar-refractivity contribution in [1.29, 1.82) is 0 Å². The first-order chi connectivity index (χ1) is 7.81. The molecule has 0 spiro atoms. The molecule has 0 radical (unpaired) electrons. The molecule has 1 fully saturated rings. The van der Waals surface area contributed by atoms with Crippen LogP contribution in [0.3, 0.4) is 0 Å². The van der Waals surface area contributed by atoms with Gasteiger partial charge in [0.25, 0.3) is 0 Å². The molecule has 1 saturated heterocycles. The van der Waals surface area contributed by atoms with E-state index in [1.54, 1.807) is 0 Å². The molecule has 2 rings (SSSR count). The zero-order valence-electron chi connectivity index (χ0n) is 10.1. The lowest BCUT2D eigenvalue weighted by atomic mass is 9.80. The molecule has 2 unspecified atom stereocenters. The van der Waals surface area contributed by atoms with E-state index in [1.807, 2.05) is 12.1 Å². The fourth-order valence-corrected chi connectivity index (χ4v) is 2.81. The first-order valence-electron chi connectivity index (χ1n) is 6.37. The molecule has 1 aromatic carbocycles. The van der Waals surface area contributed by atoms with E-state index in [-0.39, 0.29) is 0 Å². The van der Waals surface area contributed by atoms with Crippen molar-refractivity contribution in [3.8, 4) is 0 Å². The molecule has 2 nitrogen and oxygen atoms in total. The zero-order valence-corrected chi connectivity index (χ0v) is 10.1. The third kappa shape index (κ3) is 2.56. The Labute approximate surface area is 98.2 Å². The molecule has 2 atom stereocenters. The number of nitrogen functional groups attached to an aromatic ring is 1. The molecule has 1 aliphatic rings. The second-order valence-corrected chi connectivity index (χ2v) is 4.79. The number of nitrogens with two attached hydrogens (primary N) is 1. The number of hydrogen-bond acceptors (Lipinski definition) is 2. The second-order valence-electron chi connectivity index (χ2n) is 4.79. The van der Waals surface area contributed by atoms with Crippen molar-refractivity contribution >= 4 is 5.69 Å². The van der Waals surface area contributed by atoms with Gasteiger partial charge in [0.05, 0.1) is 0 Å². The van der Waals surface area contributed by atoms with Crippen LogP contribution in [0, 0.1) is 5.92 Å². The minimum Gasteiger partial charge on any atom is -0.399 e. The number of piperidine rings is 1. The Morgan fingerprint density at radius 3 is 2.69 bits per heavy atom. The van der Waals surface area contributed by atoms with E-state index >= 15 is 0 Å². The lowest BCUT2D eigenvalue weighted by Crippen LogP contribution is -2.33. The topological polar surface area (TPSA) is 38.0 Å². The van der Waals surface area contributed by atoms with Crippen LogP contribution in [0.25, 0.3) is 0 Å². The molecule has 88 valence electrons. The summed E-state index contributed by atoms with van der Waals surface area (Å²) in [5.41, 5.74) is 8.05. The number of hydrogen-bond donors (Lipinski definition) is 2. The van der Waals surface area contributed by atoms with Crippen LogP contribution in [0.4, 0.5) is 5.69 Å². The van der Waals surface area contributed by atoms with Gasteiger partial charge >= 0.3 is 0 Å². The summed E-state index contributed by atoms with van der Waals surface area (Å²) in [5.74, 6) is 1.48. The fourth-order valence-electron chi connectivity index (χ4n) is 2.81. The van der Waals surface area contributed by atoms with Gasteiger partial charge in [0.15, 0.2) is 0 Å². The van der Waals surface area contributed by atoms with E-state index < -0.39 is 0 Å². The first-order valence-corrected chi connectivity index (χ1v) is 6.37. The predicted octanol–water partition coefficient (Wildman–Crippen LogP) is 2.76. The molecule has 3 N–H and O–H groups in total. The van der Waals surface area contributed by atoms with Crippen LogP contribution in [0.1, 0.15) is 37.7 Å². The third-order valence-corrected chi connectivity index (χ3v) is 3.71. The van der Waals surface area contributed by atoms with E-state index in [0.717, 1.165) is 11.6 Å². The summed E-state index contributed by atoms with van der Waals surface area (Å²) in [6.07, 6.45) is 3.89. The Bertz CT molecular complexity index is 312. The molecule has 1 aromatic rings. The van der Waals surface area contributed by atoms with Crippen molar-refractivity contribution in [3.05, 3.63) is 29.8 Å². The van der Waals surface area contributed by atoms with E-state index in [9.17, 15) is 0 Å². The summed E-state index contributed by atoms with van der Waals surface area (Å²) < 4.78 is 0. The minimum absolute atomic E-state index is 0.688. The van der Waals surface area contributed by atoms with Crippen LogP contribution < -0.4 is 11.1 Å². The van der Waals surface area contributed by atoms with Gasteiger partial charge in [-0.15, -0.1) is 0 Å². The van der Waals surface area contributed by atoms with Crippen molar-refractivity contribution in [1.82, 2.24) is 5.32 Å². The van der Waals surface area contributed by atoms with E-state index in [4.69, 9.17) is 5.73 Å². The molecule has 0 saturated carbocycles. The van der Waals surface area contributed by atoms with Crippen molar-refractivity contribution in [2.45, 2.75) is 32.1 Å². The molecule has 1 heterocycles. The summed E-state index contributed by atoms with van der Waals surface area (Å²) in [4.78, 5) is 0. The average molecular weight is 218 g/mol. The molecule has 1 aliphatic heterocycles. The van der Waals surface area contributed by atoms with Crippen molar-refractivity contribution < 1.29 is 0 Å². The first kappa shape index (κ1) is 11.5. The molecule has 0 aliphatic carbocycles. The summed E-state index contributed by atoms with van der Waals surface area (Å²) in [5, 5.41) is 3.51. The number of benzene rings is 1. The minimum atomic E-state index is 0.688. The highest BCUT2D eigenvalue weighted by atomic mass is 14.9. The van der Waals surface area contributed by atoms with Gasteiger partial charge in [-0.3, -0.25) is 0 Å². The van der Waals surface area contributed by atoms with Crippen LogP contribution in [0.2, 0.25) is 0 Å². The molecule has 0 aromatic heterocycles. The van der Waals surface area contributed by atoms with Crippen molar-refractivity contribution in [2.24, 2.45) is 5.92 Å². The fraction of sp³-hybridized carbons (Fsp3) is 0.571. The zero-order chi connectivity index (χ0) is 11.4. The molecule has 0 bridgehead atoms. The normalized spacial score (nSPS) is 22.9. The van der Waals surface area contributed by atoms with Crippen LogP contribution >= 0.6 is 0 Å². The highest BCUT2D eigenvalue weighted by molar-refractivity contribution is 5.40. The van der Waals surface area contributed by atoms with Crippen molar-refractivity contribution in [2.75, 3.05) is 18.8 Å². The van der Waals surface area contributed by atoms with E-state index in [2.05, 4.69) is 24.4 Å². The van der Waals surface area contributed by atoms with Crippen LogP contribution in [-0.4, -0.2) is 13.1 Å².